The average molecular weight is 496 g/mol. The molecule has 36 heavy (non-hydrogen) atoms. The van der Waals surface area contributed by atoms with E-state index in [1.807, 2.05) is 35.7 Å². The molecule has 0 spiro atoms. The fraction of sp³-hybridized carbons (Fsp3) is 0.207. The number of nitrogens with one attached hydrogen (secondary N) is 1. The molecule has 1 aromatic heterocycles. The van der Waals surface area contributed by atoms with Crippen LogP contribution < -0.4 is 5.32 Å². The summed E-state index contributed by atoms with van der Waals surface area (Å²) in [5.41, 5.74) is 8.00. The van der Waals surface area contributed by atoms with Crippen LogP contribution in [0.3, 0.4) is 0 Å². The van der Waals surface area contributed by atoms with Gasteiger partial charge >= 0.3 is 6.09 Å². The number of nitrogens with zero attached hydrogens (tertiary/aromatic N) is 2. The number of fused-ring (bicyclic) bond motifs is 3. The third-order valence-corrected chi connectivity index (χ3v) is 7.58. The second-order valence-corrected chi connectivity index (χ2v) is 9.98. The first-order valence-electron chi connectivity index (χ1n) is 12.1. The Bertz CT molecular complexity index is 1430. The van der Waals surface area contributed by atoms with Gasteiger partial charge in [-0.15, -0.1) is 11.3 Å². The van der Waals surface area contributed by atoms with Crippen LogP contribution in [0, 0.1) is 0 Å². The van der Waals surface area contributed by atoms with Crippen molar-refractivity contribution >= 4 is 28.5 Å². The predicted octanol–water partition coefficient (Wildman–Crippen LogP) is 6.12. The lowest BCUT2D eigenvalue weighted by molar-refractivity contribution is -0.120. The number of likely N-dealkylation sites (tertiary alicyclic amines) is 1. The van der Waals surface area contributed by atoms with Crippen molar-refractivity contribution in [1.82, 2.24) is 9.88 Å². The summed E-state index contributed by atoms with van der Waals surface area (Å²) in [6.07, 6.45) is 1.83. The molecule has 2 amide bonds. The monoisotopic (exact) mass is 495 g/mol. The van der Waals surface area contributed by atoms with Gasteiger partial charge in [0.05, 0.1) is 5.69 Å². The molecule has 4 aromatic rings. The maximum Gasteiger partial charge on any atom is 0.410 e. The fourth-order valence-electron chi connectivity index (χ4n) is 5.02. The molecule has 2 aliphatic rings. The van der Waals surface area contributed by atoms with E-state index in [0.717, 1.165) is 29.7 Å². The molecule has 180 valence electrons. The summed E-state index contributed by atoms with van der Waals surface area (Å²) < 4.78 is 5.46. The van der Waals surface area contributed by atoms with E-state index in [9.17, 15) is 9.59 Å². The number of carbonyl (C=O) groups is 2. The number of thiazole rings is 1. The highest BCUT2D eigenvalue weighted by Crippen LogP contribution is 2.38. The maximum atomic E-state index is 13.0. The molecule has 1 aliphatic heterocycles. The molecule has 2 heterocycles. The lowest BCUT2D eigenvalue weighted by Crippen LogP contribution is -2.43. The summed E-state index contributed by atoms with van der Waals surface area (Å²) in [6, 6.07) is 23.9. The van der Waals surface area contributed by atoms with Gasteiger partial charge in [0.2, 0.25) is 5.91 Å². The fourth-order valence-corrected chi connectivity index (χ4v) is 5.74. The molecule has 6 nitrogen and oxygen atoms in total. The van der Waals surface area contributed by atoms with E-state index in [0.29, 0.717) is 18.1 Å². The van der Waals surface area contributed by atoms with Crippen molar-refractivity contribution < 1.29 is 14.3 Å². The molecule has 1 saturated heterocycles. The first kappa shape index (κ1) is 22.5. The Kier molecular flexibility index (Phi) is 5.99. The van der Waals surface area contributed by atoms with Crippen LogP contribution in [0.25, 0.3) is 22.4 Å². The van der Waals surface area contributed by atoms with E-state index < -0.39 is 12.1 Å². The molecule has 0 bridgehead atoms. The van der Waals surface area contributed by atoms with Crippen molar-refractivity contribution in [3.8, 4) is 22.4 Å². The van der Waals surface area contributed by atoms with Crippen molar-refractivity contribution in [2.24, 2.45) is 0 Å². The molecule has 6 rings (SSSR count). The zero-order chi connectivity index (χ0) is 24.5. The number of carbonyl (C=O) groups excluding carboxylic acids is 2. The maximum absolute atomic E-state index is 13.0. The Balaban J connectivity index is 1.11. The largest absolute Gasteiger partial charge is 0.445 e. The van der Waals surface area contributed by atoms with E-state index in [-0.39, 0.29) is 12.5 Å². The summed E-state index contributed by atoms with van der Waals surface area (Å²) in [5, 5.41) is 5.41. The zero-order valence-electron chi connectivity index (χ0n) is 19.6. The quantitative estimate of drug-likeness (QED) is 0.319. The number of rotatable bonds is 5. The van der Waals surface area contributed by atoms with Gasteiger partial charge in [0, 0.05) is 17.5 Å². The molecule has 7 heteroatoms. The molecule has 1 aliphatic carbocycles. The summed E-state index contributed by atoms with van der Waals surface area (Å²) in [4.78, 5) is 31.9. The topological polar surface area (TPSA) is 71.5 Å². The van der Waals surface area contributed by atoms with Gasteiger partial charge in [-0.25, -0.2) is 9.78 Å². The van der Waals surface area contributed by atoms with Crippen LogP contribution in [-0.2, 0) is 22.6 Å². The second kappa shape index (κ2) is 9.59. The molecule has 0 unspecified atom stereocenters. The second-order valence-electron chi connectivity index (χ2n) is 9.12. The summed E-state index contributed by atoms with van der Waals surface area (Å²) >= 11 is 1.39. The van der Waals surface area contributed by atoms with Gasteiger partial charge < -0.3 is 10.1 Å². The van der Waals surface area contributed by atoms with Crippen molar-refractivity contribution in [2.75, 3.05) is 11.9 Å². The van der Waals surface area contributed by atoms with Crippen LogP contribution in [0.2, 0.25) is 0 Å². The number of anilines is 1. The van der Waals surface area contributed by atoms with Gasteiger partial charge in [0.1, 0.15) is 12.6 Å². The van der Waals surface area contributed by atoms with Gasteiger partial charge in [-0.05, 0) is 53.1 Å². The number of aromatic nitrogens is 1. The number of benzene rings is 3. The normalized spacial score (nSPS) is 15.9. The Labute approximate surface area is 213 Å². The SMILES string of the molecule is O=C(Nc1nc(-c2ccc3c(c2)Cc2ccccc2-3)cs1)[C@@H]1CCCN1C(=O)OCc1ccccc1. The van der Waals surface area contributed by atoms with E-state index in [2.05, 4.69) is 52.8 Å². The van der Waals surface area contributed by atoms with Crippen molar-refractivity contribution in [3.63, 3.8) is 0 Å². The highest BCUT2D eigenvalue weighted by Gasteiger charge is 2.35. The van der Waals surface area contributed by atoms with Crippen molar-refractivity contribution in [3.05, 3.63) is 94.9 Å². The third-order valence-electron chi connectivity index (χ3n) is 6.82. The molecular weight excluding hydrogens is 470 g/mol. The van der Waals surface area contributed by atoms with Crippen molar-refractivity contribution in [1.29, 1.82) is 0 Å². The first-order chi connectivity index (χ1) is 17.7. The van der Waals surface area contributed by atoms with Gasteiger partial charge in [0.15, 0.2) is 5.13 Å². The van der Waals surface area contributed by atoms with Crippen LogP contribution in [0.4, 0.5) is 9.93 Å². The third kappa shape index (κ3) is 4.38. The zero-order valence-corrected chi connectivity index (χ0v) is 20.5. The van der Waals surface area contributed by atoms with E-state index in [4.69, 9.17) is 4.74 Å². The standard InChI is InChI=1S/C29H25N3O3S/c33-27(26-11-6-14-32(26)29(34)35-17-19-7-2-1-3-8-19)31-28-30-25(18-36-28)21-12-13-24-22(16-21)15-20-9-4-5-10-23(20)24/h1-5,7-10,12-13,16,18,26H,6,11,14-15,17H2,(H,30,31,33)/t26-/m0/s1. The first-order valence-corrected chi connectivity index (χ1v) is 13.0. The Morgan fingerprint density at radius 2 is 1.81 bits per heavy atom. The number of ether oxygens (including phenoxy) is 1. The molecular formula is C29H25N3O3S. The van der Waals surface area contributed by atoms with Crippen LogP contribution in [-0.4, -0.2) is 34.5 Å². The summed E-state index contributed by atoms with van der Waals surface area (Å²) in [5.74, 6) is -0.227. The van der Waals surface area contributed by atoms with E-state index in [1.54, 1.807) is 0 Å². The van der Waals surface area contributed by atoms with Crippen LogP contribution in [0.15, 0.2) is 78.2 Å². The molecule has 0 radical (unpaired) electrons. The molecule has 3 aromatic carbocycles. The Morgan fingerprint density at radius 3 is 2.69 bits per heavy atom. The molecule has 1 fully saturated rings. The number of hydrogen-bond donors (Lipinski definition) is 1. The number of amides is 2. The van der Waals surface area contributed by atoms with Crippen LogP contribution in [0.5, 0.6) is 0 Å². The summed E-state index contributed by atoms with van der Waals surface area (Å²) in [7, 11) is 0. The minimum atomic E-state index is -0.556. The highest BCUT2D eigenvalue weighted by atomic mass is 32.1. The average Bonchev–Trinajstić information content (AvgIpc) is 3.66. The minimum absolute atomic E-state index is 0.187. The summed E-state index contributed by atoms with van der Waals surface area (Å²) in [6.45, 7) is 0.693. The highest BCUT2D eigenvalue weighted by molar-refractivity contribution is 7.14. The van der Waals surface area contributed by atoms with E-state index in [1.165, 1.54) is 38.5 Å². The van der Waals surface area contributed by atoms with Gasteiger partial charge in [-0.2, -0.15) is 0 Å². The van der Waals surface area contributed by atoms with Gasteiger partial charge in [0.25, 0.3) is 0 Å². The van der Waals surface area contributed by atoms with E-state index >= 15 is 0 Å². The Morgan fingerprint density at radius 1 is 1.00 bits per heavy atom. The van der Waals surface area contributed by atoms with Gasteiger partial charge in [-0.1, -0.05) is 66.7 Å². The predicted molar refractivity (Wildman–Crippen MR) is 141 cm³/mol. The Hall–Kier alpha value is -3.97. The number of hydrogen-bond acceptors (Lipinski definition) is 5. The molecule has 1 N–H and O–H groups in total. The lowest BCUT2D eigenvalue weighted by atomic mass is 10.0. The van der Waals surface area contributed by atoms with Crippen LogP contribution >= 0.6 is 11.3 Å². The molecule has 0 saturated carbocycles. The minimum Gasteiger partial charge on any atom is -0.445 e. The van der Waals surface area contributed by atoms with Crippen molar-refractivity contribution in [2.45, 2.75) is 31.9 Å². The smallest absolute Gasteiger partial charge is 0.410 e. The van der Waals surface area contributed by atoms with Crippen LogP contribution in [0.1, 0.15) is 29.5 Å². The van der Waals surface area contributed by atoms with Gasteiger partial charge in [-0.3, -0.25) is 9.69 Å². The molecule has 1 atom stereocenters. The lowest BCUT2D eigenvalue weighted by Gasteiger charge is -2.22.